The average molecular weight is 311 g/mol. The monoisotopic (exact) mass is 311 g/mol. The number of carbonyl (C=O) groups is 1. The zero-order valence-electron chi connectivity index (χ0n) is 13.3. The molecule has 0 spiro atoms. The first-order valence-corrected chi connectivity index (χ1v) is 8.32. The Morgan fingerprint density at radius 3 is 2.86 bits per heavy atom. The summed E-state index contributed by atoms with van der Waals surface area (Å²) in [6.45, 7) is 8.49. The lowest BCUT2D eigenvalue weighted by molar-refractivity contribution is -0.0109. The number of hydrogen-bond donors (Lipinski definition) is 2. The highest BCUT2D eigenvalue weighted by molar-refractivity contribution is 7.08. The van der Waals surface area contributed by atoms with E-state index in [4.69, 9.17) is 0 Å². The highest BCUT2D eigenvalue weighted by Gasteiger charge is 2.34. The summed E-state index contributed by atoms with van der Waals surface area (Å²) >= 11 is 1.12. The fourth-order valence-corrected chi connectivity index (χ4v) is 3.74. The van der Waals surface area contributed by atoms with Gasteiger partial charge in [-0.2, -0.15) is 0 Å². The summed E-state index contributed by atoms with van der Waals surface area (Å²) < 4.78 is 3.90. The molecule has 0 aliphatic heterocycles. The van der Waals surface area contributed by atoms with Crippen LogP contribution in [-0.2, 0) is 5.41 Å². The zero-order chi connectivity index (χ0) is 15.7. The molecule has 0 radical (unpaired) electrons. The van der Waals surface area contributed by atoms with Gasteiger partial charge in [0.05, 0.1) is 11.3 Å². The summed E-state index contributed by atoms with van der Waals surface area (Å²) in [5, 5.41) is 17.5. The molecule has 118 valence electrons. The molecule has 1 aromatic rings. The summed E-state index contributed by atoms with van der Waals surface area (Å²) in [6.07, 6.45) is 3.68. The topological polar surface area (TPSA) is 75.1 Å². The van der Waals surface area contributed by atoms with Crippen LogP contribution in [0, 0.1) is 5.92 Å². The maximum absolute atomic E-state index is 12.3. The standard InChI is InChI=1S/C15H25N3O2S/c1-10-6-5-7-15(20,8-10)9-16-13(19)11-12(14(2,3)4)17-18-21-11/h10,20H,5-9H2,1-4H3,(H,16,19). The van der Waals surface area contributed by atoms with Gasteiger partial charge in [-0.25, -0.2) is 0 Å². The number of rotatable bonds is 3. The van der Waals surface area contributed by atoms with Gasteiger partial charge in [0.25, 0.3) is 5.91 Å². The van der Waals surface area contributed by atoms with Crippen LogP contribution in [0.4, 0.5) is 0 Å². The van der Waals surface area contributed by atoms with Crippen molar-refractivity contribution in [2.45, 2.75) is 64.4 Å². The van der Waals surface area contributed by atoms with Gasteiger partial charge in [-0.15, -0.1) is 5.10 Å². The van der Waals surface area contributed by atoms with Crippen LogP contribution in [0.2, 0.25) is 0 Å². The van der Waals surface area contributed by atoms with Crippen LogP contribution >= 0.6 is 11.5 Å². The van der Waals surface area contributed by atoms with Gasteiger partial charge in [0.1, 0.15) is 4.88 Å². The van der Waals surface area contributed by atoms with Crippen molar-refractivity contribution in [3.8, 4) is 0 Å². The molecule has 6 heteroatoms. The molecule has 1 heterocycles. The molecule has 1 saturated carbocycles. The summed E-state index contributed by atoms with van der Waals surface area (Å²) in [6, 6.07) is 0. The highest BCUT2D eigenvalue weighted by atomic mass is 32.1. The fourth-order valence-electron chi connectivity index (χ4n) is 2.95. The fraction of sp³-hybridized carbons (Fsp3) is 0.800. The minimum Gasteiger partial charge on any atom is -0.388 e. The van der Waals surface area contributed by atoms with E-state index in [2.05, 4.69) is 21.8 Å². The molecule has 1 fully saturated rings. The zero-order valence-corrected chi connectivity index (χ0v) is 14.1. The Morgan fingerprint density at radius 1 is 1.52 bits per heavy atom. The van der Waals surface area contributed by atoms with E-state index in [1.54, 1.807) is 0 Å². The molecular formula is C15H25N3O2S. The minimum atomic E-state index is -0.770. The minimum absolute atomic E-state index is 0.179. The number of nitrogens with zero attached hydrogens (tertiary/aromatic N) is 2. The van der Waals surface area contributed by atoms with E-state index in [0.29, 0.717) is 23.0 Å². The van der Waals surface area contributed by atoms with Crippen molar-refractivity contribution in [1.82, 2.24) is 14.9 Å². The van der Waals surface area contributed by atoms with Crippen LogP contribution < -0.4 is 5.32 Å². The van der Waals surface area contributed by atoms with Crippen LogP contribution in [0.15, 0.2) is 0 Å². The molecule has 2 unspecified atom stereocenters. The SMILES string of the molecule is CC1CCCC(O)(CNC(=O)c2snnc2C(C)(C)C)C1. The van der Waals surface area contributed by atoms with E-state index >= 15 is 0 Å². The van der Waals surface area contributed by atoms with Gasteiger partial charge in [-0.1, -0.05) is 45.0 Å². The van der Waals surface area contributed by atoms with Gasteiger partial charge in [0.2, 0.25) is 0 Å². The number of amides is 1. The van der Waals surface area contributed by atoms with Crippen LogP contribution in [-0.4, -0.2) is 32.7 Å². The molecule has 0 bridgehead atoms. The maximum atomic E-state index is 12.3. The maximum Gasteiger partial charge on any atom is 0.265 e. The van der Waals surface area contributed by atoms with E-state index in [0.717, 1.165) is 37.2 Å². The second kappa shape index (κ2) is 6.01. The van der Waals surface area contributed by atoms with Crippen molar-refractivity contribution < 1.29 is 9.90 Å². The Balaban J connectivity index is 2.01. The number of hydrogen-bond acceptors (Lipinski definition) is 5. The van der Waals surface area contributed by atoms with Gasteiger partial charge >= 0.3 is 0 Å². The third-order valence-electron chi connectivity index (χ3n) is 4.05. The molecule has 1 aliphatic rings. The predicted octanol–water partition coefficient (Wildman–Crippen LogP) is 2.51. The van der Waals surface area contributed by atoms with Gasteiger partial charge in [0, 0.05) is 12.0 Å². The van der Waals surface area contributed by atoms with Gasteiger partial charge in [-0.05, 0) is 30.3 Å². The smallest absolute Gasteiger partial charge is 0.265 e. The van der Waals surface area contributed by atoms with Crippen molar-refractivity contribution in [2.24, 2.45) is 5.92 Å². The summed E-state index contributed by atoms with van der Waals surface area (Å²) in [5.74, 6) is 0.331. The van der Waals surface area contributed by atoms with E-state index < -0.39 is 5.60 Å². The molecule has 0 aromatic carbocycles. The van der Waals surface area contributed by atoms with Crippen molar-refractivity contribution in [3.63, 3.8) is 0 Å². The second-order valence-electron chi connectivity index (χ2n) is 7.31. The van der Waals surface area contributed by atoms with Gasteiger partial charge in [0.15, 0.2) is 0 Å². The van der Waals surface area contributed by atoms with E-state index in [1.807, 2.05) is 20.8 Å². The van der Waals surface area contributed by atoms with Crippen molar-refractivity contribution in [1.29, 1.82) is 0 Å². The lowest BCUT2D eigenvalue weighted by Crippen LogP contribution is -2.45. The molecule has 1 aliphatic carbocycles. The van der Waals surface area contributed by atoms with Gasteiger partial charge < -0.3 is 10.4 Å². The number of carbonyl (C=O) groups excluding carboxylic acids is 1. The molecule has 2 atom stereocenters. The molecule has 0 saturated heterocycles. The first-order valence-electron chi connectivity index (χ1n) is 7.55. The third-order valence-corrected chi connectivity index (χ3v) is 4.77. The molecule has 1 amide bonds. The van der Waals surface area contributed by atoms with E-state index in [9.17, 15) is 9.90 Å². The first kappa shape index (κ1) is 16.4. The summed E-state index contributed by atoms with van der Waals surface area (Å²) in [5.41, 5.74) is -0.266. The lowest BCUT2D eigenvalue weighted by Gasteiger charge is -2.35. The molecule has 2 N–H and O–H groups in total. The van der Waals surface area contributed by atoms with Crippen molar-refractivity contribution >= 4 is 17.4 Å². The second-order valence-corrected chi connectivity index (χ2v) is 8.06. The summed E-state index contributed by atoms with van der Waals surface area (Å²) in [4.78, 5) is 12.9. The third kappa shape index (κ3) is 4.01. The van der Waals surface area contributed by atoms with E-state index in [-0.39, 0.29) is 11.3 Å². The average Bonchev–Trinajstić information content (AvgIpc) is 2.85. The van der Waals surface area contributed by atoms with Crippen LogP contribution in [0.5, 0.6) is 0 Å². The van der Waals surface area contributed by atoms with Crippen LogP contribution in [0.25, 0.3) is 0 Å². The number of nitrogens with one attached hydrogen (secondary N) is 1. The van der Waals surface area contributed by atoms with Crippen LogP contribution in [0.1, 0.15) is 68.7 Å². The molecule has 21 heavy (non-hydrogen) atoms. The van der Waals surface area contributed by atoms with Crippen LogP contribution in [0.3, 0.4) is 0 Å². The Morgan fingerprint density at radius 2 is 2.24 bits per heavy atom. The Labute approximate surface area is 130 Å². The lowest BCUT2D eigenvalue weighted by atomic mass is 9.79. The molecule has 2 rings (SSSR count). The number of aromatic nitrogens is 2. The van der Waals surface area contributed by atoms with Crippen molar-refractivity contribution in [2.75, 3.05) is 6.54 Å². The van der Waals surface area contributed by atoms with Crippen molar-refractivity contribution in [3.05, 3.63) is 10.6 Å². The molecule has 5 nitrogen and oxygen atoms in total. The quantitative estimate of drug-likeness (QED) is 0.899. The normalized spacial score (nSPS) is 26.6. The summed E-state index contributed by atoms with van der Waals surface area (Å²) in [7, 11) is 0. The number of aliphatic hydroxyl groups is 1. The predicted molar refractivity (Wildman–Crippen MR) is 83.5 cm³/mol. The van der Waals surface area contributed by atoms with E-state index in [1.165, 1.54) is 0 Å². The molecular weight excluding hydrogens is 286 g/mol. The highest BCUT2D eigenvalue weighted by Crippen LogP contribution is 2.32. The Bertz CT molecular complexity index is 509. The Hall–Kier alpha value is -1.01. The van der Waals surface area contributed by atoms with Gasteiger partial charge in [-0.3, -0.25) is 4.79 Å². The first-order chi connectivity index (χ1) is 9.71. The largest absolute Gasteiger partial charge is 0.388 e. The Kier molecular flexibility index (Phi) is 4.68. The molecule has 1 aromatic heterocycles.